The van der Waals surface area contributed by atoms with Gasteiger partial charge in [-0.1, -0.05) is 29.8 Å². The highest BCUT2D eigenvalue weighted by Crippen LogP contribution is 2.07. The van der Waals surface area contributed by atoms with E-state index in [4.69, 9.17) is 11.6 Å². The summed E-state index contributed by atoms with van der Waals surface area (Å²) in [5, 5.41) is -0.112. The van der Waals surface area contributed by atoms with Gasteiger partial charge in [-0.3, -0.25) is 4.79 Å². The van der Waals surface area contributed by atoms with E-state index in [2.05, 4.69) is 4.98 Å². The van der Waals surface area contributed by atoms with Crippen LogP contribution in [0.25, 0.3) is 0 Å². The molecular weight excluding hydrogens is 231 g/mol. The Kier molecular flexibility index (Phi) is 3.01. The zero-order chi connectivity index (χ0) is 11.5. The lowest BCUT2D eigenvalue weighted by Gasteiger charge is -2.06. The van der Waals surface area contributed by atoms with Crippen molar-refractivity contribution in [1.29, 1.82) is 0 Å². The fourth-order valence-corrected chi connectivity index (χ4v) is 1.52. The molecule has 1 aromatic carbocycles. The first kappa shape index (κ1) is 10.8. The molecule has 0 aliphatic rings. The normalized spacial score (nSPS) is 10.4. The van der Waals surface area contributed by atoms with E-state index in [9.17, 15) is 9.18 Å². The molecule has 0 spiro atoms. The summed E-state index contributed by atoms with van der Waals surface area (Å²) in [6.07, 6.45) is 2.88. The number of rotatable bonds is 2. The molecule has 3 nitrogen and oxygen atoms in total. The Balaban J connectivity index is 2.39. The van der Waals surface area contributed by atoms with Crippen LogP contribution in [0.3, 0.4) is 0 Å². The molecule has 0 saturated heterocycles. The van der Waals surface area contributed by atoms with Gasteiger partial charge in [-0.05, 0) is 6.07 Å². The lowest BCUT2D eigenvalue weighted by Crippen LogP contribution is -2.21. The second-order valence-corrected chi connectivity index (χ2v) is 3.60. The first-order valence-corrected chi connectivity index (χ1v) is 5.00. The molecule has 82 valence electrons. The molecule has 0 fully saturated rings. The number of halogens is 2. The van der Waals surface area contributed by atoms with Crippen molar-refractivity contribution in [3.05, 3.63) is 63.5 Å². The highest BCUT2D eigenvalue weighted by Gasteiger charge is 2.05. The van der Waals surface area contributed by atoms with E-state index in [-0.39, 0.29) is 17.5 Å². The van der Waals surface area contributed by atoms with Gasteiger partial charge in [0.05, 0.1) is 6.54 Å². The van der Waals surface area contributed by atoms with Gasteiger partial charge in [-0.2, -0.15) is 0 Å². The molecule has 5 heteroatoms. The highest BCUT2D eigenvalue weighted by atomic mass is 35.5. The average Bonchev–Trinajstić information content (AvgIpc) is 2.28. The van der Waals surface area contributed by atoms with Crippen molar-refractivity contribution in [2.24, 2.45) is 0 Å². The van der Waals surface area contributed by atoms with E-state index in [0.29, 0.717) is 5.56 Å². The Morgan fingerprint density at radius 1 is 1.38 bits per heavy atom. The Hall–Kier alpha value is -1.68. The standard InChI is InChI=1S/C11H8ClFN2O/c12-10-11(16)15(6-5-14-10)7-8-3-1-2-4-9(8)13/h1-6H,7H2. The van der Waals surface area contributed by atoms with Crippen LogP contribution >= 0.6 is 11.6 Å². The molecule has 0 aliphatic carbocycles. The molecule has 0 amide bonds. The Morgan fingerprint density at radius 2 is 2.12 bits per heavy atom. The lowest BCUT2D eigenvalue weighted by atomic mass is 10.2. The first-order chi connectivity index (χ1) is 7.68. The van der Waals surface area contributed by atoms with Gasteiger partial charge in [0.25, 0.3) is 5.56 Å². The summed E-state index contributed by atoms with van der Waals surface area (Å²) < 4.78 is 14.7. The summed E-state index contributed by atoms with van der Waals surface area (Å²) in [6.45, 7) is 0.147. The summed E-state index contributed by atoms with van der Waals surface area (Å²) in [5.74, 6) is -0.345. The quantitative estimate of drug-likeness (QED) is 0.803. The van der Waals surface area contributed by atoms with E-state index in [1.54, 1.807) is 18.2 Å². The molecule has 0 radical (unpaired) electrons. The molecule has 1 heterocycles. The molecule has 0 N–H and O–H groups in total. The van der Waals surface area contributed by atoms with E-state index < -0.39 is 5.56 Å². The summed E-state index contributed by atoms with van der Waals surface area (Å²) in [7, 11) is 0. The van der Waals surface area contributed by atoms with Crippen molar-refractivity contribution in [3.8, 4) is 0 Å². The van der Waals surface area contributed by atoms with Gasteiger partial charge in [0.15, 0.2) is 5.15 Å². The van der Waals surface area contributed by atoms with Gasteiger partial charge in [-0.15, -0.1) is 0 Å². The van der Waals surface area contributed by atoms with Crippen LogP contribution < -0.4 is 5.56 Å². The number of benzene rings is 1. The maximum atomic E-state index is 13.3. The molecular formula is C11H8ClFN2O. The second kappa shape index (κ2) is 4.45. The highest BCUT2D eigenvalue weighted by molar-refractivity contribution is 6.29. The summed E-state index contributed by atoms with van der Waals surface area (Å²) in [4.78, 5) is 15.2. The van der Waals surface area contributed by atoms with Crippen molar-refractivity contribution in [2.75, 3.05) is 0 Å². The minimum atomic E-state index is -0.424. The summed E-state index contributed by atoms with van der Waals surface area (Å²) >= 11 is 5.58. The van der Waals surface area contributed by atoms with Crippen LogP contribution in [-0.2, 0) is 6.54 Å². The number of aromatic nitrogens is 2. The maximum Gasteiger partial charge on any atom is 0.288 e. The molecule has 0 aliphatic heterocycles. The molecule has 2 aromatic rings. The smallest absolute Gasteiger partial charge is 0.288 e. The SMILES string of the molecule is O=c1c(Cl)nccn1Cc1ccccc1F. The fraction of sp³-hybridized carbons (Fsp3) is 0.0909. The van der Waals surface area contributed by atoms with Crippen LogP contribution in [0.2, 0.25) is 5.15 Å². The minimum absolute atomic E-state index is 0.112. The van der Waals surface area contributed by atoms with Crippen molar-refractivity contribution in [3.63, 3.8) is 0 Å². The van der Waals surface area contributed by atoms with Gasteiger partial charge in [0.1, 0.15) is 5.82 Å². The molecule has 0 bridgehead atoms. The van der Waals surface area contributed by atoms with Gasteiger partial charge in [-0.25, -0.2) is 9.37 Å². The van der Waals surface area contributed by atoms with Crippen LogP contribution in [0.4, 0.5) is 4.39 Å². The molecule has 0 atom stereocenters. The van der Waals surface area contributed by atoms with Crippen LogP contribution in [0.5, 0.6) is 0 Å². The third-order valence-corrected chi connectivity index (χ3v) is 2.43. The zero-order valence-corrected chi connectivity index (χ0v) is 8.99. The summed E-state index contributed by atoms with van der Waals surface area (Å²) in [6, 6.07) is 6.28. The zero-order valence-electron chi connectivity index (χ0n) is 8.23. The van der Waals surface area contributed by atoms with Crippen molar-refractivity contribution >= 4 is 11.6 Å². The Labute approximate surface area is 96.1 Å². The van der Waals surface area contributed by atoms with Crippen molar-refractivity contribution in [1.82, 2.24) is 9.55 Å². The Morgan fingerprint density at radius 3 is 2.88 bits per heavy atom. The van der Waals surface area contributed by atoms with Crippen molar-refractivity contribution < 1.29 is 4.39 Å². The van der Waals surface area contributed by atoms with E-state index in [1.165, 1.54) is 23.0 Å². The molecule has 0 unspecified atom stereocenters. The van der Waals surface area contributed by atoms with Crippen LogP contribution in [0.1, 0.15) is 5.56 Å². The van der Waals surface area contributed by atoms with E-state index in [0.717, 1.165) is 0 Å². The predicted molar refractivity (Wildman–Crippen MR) is 59.0 cm³/mol. The third-order valence-electron chi connectivity index (χ3n) is 2.17. The topological polar surface area (TPSA) is 34.9 Å². The van der Waals surface area contributed by atoms with Gasteiger partial charge in [0.2, 0.25) is 0 Å². The first-order valence-electron chi connectivity index (χ1n) is 4.63. The predicted octanol–water partition coefficient (Wildman–Crippen LogP) is 2.08. The average molecular weight is 239 g/mol. The van der Waals surface area contributed by atoms with Crippen LogP contribution in [0, 0.1) is 5.82 Å². The maximum absolute atomic E-state index is 13.3. The molecule has 0 saturated carbocycles. The molecule has 1 aromatic heterocycles. The van der Waals surface area contributed by atoms with E-state index in [1.807, 2.05) is 0 Å². The number of hydrogen-bond acceptors (Lipinski definition) is 2. The second-order valence-electron chi connectivity index (χ2n) is 3.24. The Bertz CT molecular complexity index is 568. The number of hydrogen-bond donors (Lipinski definition) is 0. The van der Waals surface area contributed by atoms with Gasteiger partial charge < -0.3 is 4.57 Å². The fourth-order valence-electron chi connectivity index (χ4n) is 1.36. The van der Waals surface area contributed by atoms with Gasteiger partial charge >= 0.3 is 0 Å². The molecule has 16 heavy (non-hydrogen) atoms. The van der Waals surface area contributed by atoms with Crippen molar-refractivity contribution in [2.45, 2.75) is 6.54 Å². The third kappa shape index (κ3) is 2.12. The number of nitrogens with zero attached hydrogens (tertiary/aromatic N) is 2. The van der Waals surface area contributed by atoms with Crippen LogP contribution in [-0.4, -0.2) is 9.55 Å². The van der Waals surface area contributed by atoms with Crippen LogP contribution in [0.15, 0.2) is 41.5 Å². The molecule has 2 rings (SSSR count). The van der Waals surface area contributed by atoms with Gasteiger partial charge in [0, 0.05) is 18.0 Å². The lowest BCUT2D eigenvalue weighted by molar-refractivity contribution is 0.595. The minimum Gasteiger partial charge on any atom is -0.307 e. The summed E-state index contributed by atoms with van der Waals surface area (Å²) in [5.41, 5.74) is 0.0132. The van der Waals surface area contributed by atoms with E-state index >= 15 is 0 Å². The monoisotopic (exact) mass is 238 g/mol. The largest absolute Gasteiger partial charge is 0.307 e.